The normalized spacial score (nSPS) is 24.2. The third-order valence-electron chi connectivity index (χ3n) is 4.09. The minimum atomic E-state index is -0.658. The average molecular weight is 333 g/mol. The van der Waals surface area contributed by atoms with Crippen molar-refractivity contribution in [3.63, 3.8) is 0 Å². The highest BCUT2D eigenvalue weighted by atomic mass is 16.6. The second-order valence-electron chi connectivity index (χ2n) is 7.12. The Hall–Kier alpha value is -2.56. The number of carbonyl (C=O) groups excluding carboxylic acids is 2. The Bertz CT molecular complexity index is 683. The van der Waals surface area contributed by atoms with E-state index in [-0.39, 0.29) is 29.3 Å². The predicted octanol–water partition coefficient (Wildman–Crippen LogP) is 1.39. The van der Waals surface area contributed by atoms with Crippen LogP contribution in [0.3, 0.4) is 0 Å². The third kappa shape index (κ3) is 3.85. The van der Waals surface area contributed by atoms with Gasteiger partial charge in [0.1, 0.15) is 11.2 Å². The van der Waals surface area contributed by atoms with E-state index in [0.717, 1.165) is 0 Å². The third-order valence-corrected chi connectivity index (χ3v) is 4.09. The quantitative estimate of drug-likeness (QED) is 0.802. The van der Waals surface area contributed by atoms with Crippen LogP contribution in [0.2, 0.25) is 0 Å². The van der Waals surface area contributed by atoms with Crippen LogP contribution >= 0.6 is 0 Å². The van der Waals surface area contributed by atoms with Crippen molar-refractivity contribution in [1.29, 1.82) is 5.26 Å². The molecule has 0 unspecified atom stereocenters. The molecule has 3 atom stereocenters. The fourth-order valence-electron chi connectivity index (χ4n) is 2.97. The lowest BCUT2D eigenvalue weighted by molar-refractivity contribution is -0.161. The number of nitrogens with two attached hydrogens (primary N) is 2. The Morgan fingerprint density at radius 1 is 1.42 bits per heavy atom. The molecule has 1 fully saturated rings. The first kappa shape index (κ1) is 17.8. The van der Waals surface area contributed by atoms with Crippen LogP contribution in [0.5, 0.6) is 0 Å². The Kier molecular flexibility index (Phi) is 4.83. The van der Waals surface area contributed by atoms with Gasteiger partial charge in [-0.1, -0.05) is 0 Å². The van der Waals surface area contributed by atoms with Crippen molar-refractivity contribution < 1.29 is 14.3 Å². The van der Waals surface area contributed by atoms with Crippen molar-refractivity contribution in [2.45, 2.75) is 51.7 Å². The minimum Gasteiger partial charge on any atom is -0.460 e. The molecule has 0 spiro atoms. The van der Waals surface area contributed by atoms with Crippen LogP contribution in [0, 0.1) is 23.2 Å². The second-order valence-corrected chi connectivity index (χ2v) is 7.12. The van der Waals surface area contributed by atoms with Gasteiger partial charge in [-0.25, -0.2) is 0 Å². The smallest absolute Gasteiger partial charge is 0.309 e. The number of amides is 1. The molecule has 1 aliphatic rings. The van der Waals surface area contributed by atoms with E-state index in [1.54, 1.807) is 0 Å². The fourth-order valence-corrected chi connectivity index (χ4v) is 2.97. The largest absolute Gasteiger partial charge is 0.460 e. The molecular formula is C16H23N5O3. The second kappa shape index (κ2) is 6.51. The van der Waals surface area contributed by atoms with Gasteiger partial charge in [0.05, 0.1) is 23.9 Å². The lowest BCUT2D eigenvalue weighted by Gasteiger charge is -2.33. The molecule has 8 nitrogen and oxygen atoms in total. The number of nitrogen functional groups attached to an aromatic ring is 1. The van der Waals surface area contributed by atoms with E-state index < -0.39 is 17.4 Å². The Labute approximate surface area is 140 Å². The zero-order valence-corrected chi connectivity index (χ0v) is 14.2. The van der Waals surface area contributed by atoms with Crippen LogP contribution < -0.4 is 11.5 Å². The van der Waals surface area contributed by atoms with E-state index >= 15 is 0 Å². The van der Waals surface area contributed by atoms with Gasteiger partial charge in [0.15, 0.2) is 5.82 Å². The van der Waals surface area contributed by atoms with E-state index in [4.69, 9.17) is 16.2 Å². The lowest BCUT2D eigenvalue weighted by Crippen LogP contribution is -2.34. The van der Waals surface area contributed by atoms with Gasteiger partial charge >= 0.3 is 5.97 Å². The highest BCUT2D eigenvalue weighted by Crippen LogP contribution is 2.38. The SMILES string of the molecule is CC(C)(C)OC(=O)[C@H]1CC[C@H](n2cc(C(N)=O)c(N)n2)[C@@H](C#N)C1. The summed E-state index contributed by atoms with van der Waals surface area (Å²) in [5.74, 6) is -1.62. The Morgan fingerprint density at radius 3 is 2.58 bits per heavy atom. The molecule has 0 aliphatic heterocycles. The van der Waals surface area contributed by atoms with E-state index in [0.29, 0.717) is 19.3 Å². The molecule has 1 aliphatic carbocycles. The summed E-state index contributed by atoms with van der Waals surface area (Å²) in [6.45, 7) is 5.45. The molecule has 4 N–H and O–H groups in total. The van der Waals surface area contributed by atoms with Gasteiger partial charge < -0.3 is 16.2 Å². The predicted molar refractivity (Wildman–Crippen MR) is 86.5 cm³/mol. The molecule has 1 aromatic rings. The first-order valence-corrected chi connectivity index (χ1v) is 7.89. The number of hydrogen-bond acceptors (Lipinski definition) is 6. The van der Waals surface area contributed by atoms with Gasteiger partial charge in [0.2, 0.25) is 0 Å². The average Bonchev–Trinajstić information content (AvgIpc) is 2.86. The first-order chi connectivity index (χ1) is 11.1. The summed E-state index contributed by atoms with van der Waals surface area (Å²) in [7, 11) is 0. The van der Waals surface area contributed by atoms with Gasteiger partial charge in [-0.15, -0.1) is 0 Å². The first-order valence-electron chi connectivity index (χ1n) is 7.89. The maximum Gasteiger partial charge on any atom is 0.309 e. The summed E-state index contributed by atoms with van der Waals surface area (Å²) < 4.78 is 6.94. The molecule has 1 aromatic heterocycles. The van der Waals surface area contributed by atoms with E-state index in [2.05, 4.69) is 11.2 Å². The van der Waals surface area contributed by atoms with Crippen molar-refractivity contribution in [2.75, 3.05) is 5.73 Å². The van der Waals surface area contributed by atoms with Gasteiger partial charge in [0.25, 0.3) is 5.91 Å². The molecule has 1 saturated carbocycles. The van der Waals surface area contributed by atoms with Crippen LogP contribution in [0.1, 0.15) is 56.4 Å². The zero-order chi connectivity index (χ0) is 18.1. The van der Waals surface area contributed by atoms with Crippen LogP contribution in [0.15, 0.2) is 6.20 Å². The fraction of sp³-hybridized carbons (Fsp3) is 0.625. The molecule has 0 radical (unpaired) electrons. The highest BCUT2D eigenvalue weighted by Gasteiger charge is 2.37. The van der Waals surface area contributed by atoms with Crippen molar-refractivity contribution >= 4 is 17.7 Å². The zero-order valence-electron chi connectivity index (χ0n) is 14.2. The van der Waals surface area contributed by atoms with Gasteiger partial charge in [0, 0.05) is 6.20 Å². The summed E-state index contributed by atoms with van der Waals surface area (Å²) in [4.78, 5) is 23.5. The molecule has 8 heteroatoms. The molecule has 1 amide bonds. The monoisotopic (exact) mass is 333 g/mol. The number of nitriles is 1. The number of aromatic nitrogens is 2. The minimum absolute atomic E-state index is 0.0495. The van der Waals surface area contributed by atoms with Crippen molar-refractivity contribution in [3.8, 4) is 6.07 Å². The van der Waals surface area contributed by atoms with Crippen molar-refractivity contribution in [2.24, 2.45) is 17.6 Å². The Morgan fingerprint density at radius 2 is 2.08 bits per heavy atom. The van der Waals surface area contributed by atoms with Crippen molar-refractivity contribution in [1.82, 2.24) is 9.78 Å². The number of carbonyl (C=O) groups is 2. The molecule has 2 rings (SSSR count). The van der Waals surface area contributed by atoms with Gasteiger partial charge in [-0.05, 0) is 40.0 Å². The molecule has 0 saturated heterocycles. The lowest BCUT2D eigenvalue weighted by atomic mass is 9.78. The number of esters is 1. The topological polar surface area (TPSA) is 137 Å². The number of anilines is 1. The number of nitrogens with zero attached hydrogens (tertiary/aromatic N) is 3. The highest BCUT2D eigenvalue weighted by molar-refractivity contribution is 5.96. The van der Waals surface area contributed by atoms with E-state index in [1.807, 2.05) is 20.8 Å². The molecular weight excluding hydrogens is 310 g/mol. The summed E-state index contributed by atoms with van der Waals surface area (Å²) >= 11 is 0. The van der Waals surface area contributed by atoms with Gasteiger partial charge in [-0.3, -0.25) is 14.3 Å². The maximum absolute atomic E-state index is 12.2. The number of hydrogen-bond donors (Lipinski definition) is 2. The molecule has 24 heavy (non-hydrogen) atoms. The van der Waals surface area contributed by atoms with Crippen LogP contribution in [-0.4, -0.2) is 27.3 Å². The summed E-state index contributed by atoms with van der Waals surface area (Å²) in [6.07, 6.45) is 3.02. The number of rotatable bonds is 3. The van der Waals surface area contributed by atoms with Crippen LogP contribution in [-0.2, 0) is 9.53 Å². The maximum atomic E-state index is 12.2. The molecule has 0 bridgehead atoms. The van der Waals surface area contributed by atoms with Gasteiger partial charge in [-0.2, -0.15) is 10.4 Å². The van der Waals surface area contributed by atoms with Crippen molar-refractivity contribution in [3.05, 3.63) is 11.8 Å². The summed E-state index contributed by atoms with van der Waals surface area (Å²) in [5.41, 5.74) is 10.5. The van der Waals surface area contributed by atoms with E-state index in [1.165, 1.54) is 10.9 Å². The number of ether oxygens (including phenoxy) is 1. The summed E-state index contributed by atoms with van der Waals surface area (Å²) in [6, 6.07) is 1.99. The molecule has 1 heterocycles. The summed E-state index contributed by atoms with van der Waals surface area (Å²) in [5, 5.41) is 13.6. The number of primary amides is 1. The molecule has 0 aromatic carbocycles. The van der Waals surface area contributed by atoms with Crippen LogP contribution in [0.4, 0.5) is 5.82 Å². The van der Waals surface area contributed by atoms with Crippen LogP contribution in [0.25, 0.3) is 0 Å². The van der Waals surface area contributed by atoms with E-state index in [9.17, 15) is 14.9 Å². The Balaban J connectivity index is 2.14. The molecule has 130 valence electrons. The standard InChI is InChI=1S/C16H23N5O3/c1-16(2,3)24-15(23)9-4-5-12(10(6-9)7-17)21-8-11(14(19)22)13(18)20-21/h8-10,12H,4-6H2,1-3H3,(H2,18,20)(H2,19,22)/t9-,10+,12-/m0/s1.